The molecule has 0 aliphatic carbocycles. The van der Waals surface area contributed by atoms with Gasteiger partial charge in [-0.1, -0.05) is 60.8 Å². The van der Waals surface area contributed by atoms with Gasteiger partial charge in [0, 0.05) is 0 Å². The Kier molecular flexibility index (Phi) is 7.31. The highest BCUT2D eigenvalue weighted by atomic mass is 14.2. The fourth-order valence-corrected chi connectivity index (χ4v) is 2.19. The predicted molar refractivity (Wildman–Crippen MR) is 66.5 cm³/mol. The van der Waals surface area contributed by atoms with Gasteiger partial charge in [0.1, 0.15) is 0 Å². The number of hydrogen-bond acceptors (Lipinski definition) is 0. The van der Waals surface area contributed by atoms with Gasteiger partial charge in [0.05, 0.1) is 0 Å². The van der Waals surface area contributed by atoms with E-state index in [1.54, 1.807) is 0 Å². The summed E-state index contributed by atoms with van der Waals surface area (Å²) in [5, 5.41) is 0. The Hall–Kier alpha value is 0. The summed E-state index contributed by atoms with van der Waals surface area (Å²) in [6.45, 7) is 14.3. The van der Waals surface area contributed by atoms with E-state index in [1.165, 1.54) is 25.7 Å². The zero-order valence-electron chi connectivity index (χ0n) is 11.1. The van der Waals surface area contributed by atoms with Crippen LogP contribution < -0.4 is 0 Å². The molecule has 0 spiro atoms. The van der Waals surface area contributed by atoms with E-state index in [0.29, 0.717) is 0 Å². The van der Waals surface area contributed by atoms with E-state index in [1.807, 2.05) is 0 Å². The molecule has 0 amide bonds. The molecule has 0 N–H and O–H groups in total. The Morgan fingerprint density at radius 2 is 1.21 bits per heavy atom. The van der Waals surface area contributed by atoms with Crippen LogP contribution in [0.15, 0.2) is 0 Å². The monoisotopic (exact) mass is 198 g/mol. The van der Waals surface area contributed by atoms with Gasteiger partial charge in [-0.25, -0.2) is 0 Å². The van der Waals surface area contributed by atoms with Crippen molar-refractivity contribution in [2.45, 2.75) is 67.2 Å². The Labute approximate surface area is 91.5 Å². The normalized spacial score (nSPS) is 20.1. The SMILES string of the molecule is CCCC(C)C(C)CC(C)C(C)CC. The fourth-order valence-electron chi connectivity index (χ4n) is 2.19. The first-order valence-corrected chi connectivity index (χ1v) is 6.52. The third kappa shape index (κ3) is 5.02. The molecule has 14 heavy (non-hydrogen) atoms. The lowest BCUT2D eigenvalue weighted by Gasteiger charge is -2.26. The first-order chi connectivity index (χ1) is 6.52. The van der Waals surface area contributed by atoms with Crippen LogP contribution in [-0.2, 0) is 0 Å². The quantitative estimate of drug-likeness (QED) is 0.532. The van der Waals surface area contributed by atoms with E-state index in [2.05, 4.69) is 41.5 Å². The second-order valence-electron chi connectivity index (χ2n) is 5.34. The van der Waals surface area contributed by atoms with Crippen LogP contribution in [0.25, 0.3) is 0 Å². The average molecular weight is 198 g/mol. The van der Waals surface area contributed by atoms with Crippen molar-refractivity contribution in [2.24, 2.45) is 23.7 Å². The minimum atomic E-state index is 0.895. The van der Waals surface area contributed by atoms with E-state index in [9.17, 15) is 0 Å². The minimum Gasteiger partial charge on any atom is -0.0654 e. The first-order valence-electron chi connectivity index (χ1n) is 6.52. The van der Waals surface area contributed by atoms with Crippen LogP contribution in [0, 0.1) is 23.7 Å². The maximum Gasteiger partial charge on any atom is -0.0414 e. The summed E-state index contributed by atoms with van der Waals surface area (Å²) in [6, 6.07) is 0. The second kappa shape index (κ2) is 7.31. The lowest BCUT2D eigenvalue weighted by molar-refractivity contribution is 0.250. The van der Waals surface area contributed by atoms with Crippen LogP contribution in [0.4, 0.5) is 0 Å². The van der Waals surface area contributed by atoms with E-state index >= 15 is 0 Å². The Balaban J connectivity index is 3.85. The maximum absolute atomic E-state index is 2.43. The lowest BCUT2D eigenvalue weighted by Crippen LogP contribution is -2.16. The zero-order valence-corrected chi connectivity index (χ0v) is 11.1. The summed E-state index contributed by atoms with van der Waals surface area (Å²) in [6.07, 6.45) is 5.48. The van der Waals surface area contributed by atoms with Gasteiger partial charge in [-0.05, 0) is 30.1 Å². The van der Waals surface area contributed by atoms with Crippen molar-refractivity contribution in [3.63, 3.8) is 0 Å². The van der Waals surface area contributed by atoms with E-state index in [0.717, 1.165) is 23.7 Å². The third-order valence-corrected chi connectivity index (χ3v) is 4.07. The summed E-state index contributed by atoms with van der Waals surface area (Å²) in [5.41, 5.74) is 0. The molecule has 86 valence electrons. The van der Waals surface area contributed by atoms with Gasteiger partial charge in [-0.2, -0.15) is 0 Å². The zero-order chi connectivity index (χ0) is 11.1. The summed E-state index contributed by atoms with van der Waals surface area (Å²) in [5.74, 6) is 3.60. The van der Waals surface area contributed by atoms with Crippen molar-refractivity contribution in [2.75, 3.05) is 0 Å². The summed E-state index contributed by atoms with van der Waals surface area (Å²) >= 11 is 0. The molecule has 0 fully saturated rings. The minimum absolute atomic E-state index is 0.895. The van der Waals surface area contributed by atoms with Crippen LogP contribution in [0.5, 0.6) is 0 Å². The molecular formula is C14H30. The first kappa shape index (κ1) is 14.0. The van der Waals surface area contributed by atoms with Crippen molar-refractivity contribution in [3.05, 3.63) is 0 Å². The molecule has 0 bridgehead atoms. The Bertz CT molecular complexity index is 128. The summed E-state index contributed by atoms with van der Waals surface area (Å²) in [4.78, 5) is 0. The lowest BCUT2D eigenvalue weighted by atomic mass is 9.80. The standard InChI is InChI=1S/C14H30/c1-7-9-12(4)14(6)10-13(5)11(3)8-2/h11-14H,7-10H2,1-6H3. The molecule has 0 heteroatoms. The van der Waals surface area contributed by atoms with Crippen molar-refractivity contribution >= 4 is 0 Å². The molecule has 0 aromatic heterocycles. The fraction of sp³-hybridized carbons (Fsp3) is 1.00. The molecule has 0 aromatic rings. The maximum atomic E-state index is 2.43. The molecule has 0 radical (unpaired) electrons. The van der Waals surface area contributed by atoms with Gasteiger partial charge in [-0.3, -0.25) is 0 Å². The number of rotatable bonds is 7. The highest BCUT2D eigenvalue weighted by Gasteiger charge is 2.17. The highest BCUT2D eigenvalue weighted by Crippen LogP contribution is 2.28. The molecule has 0 saturated heterocycles. The largest absolute Gasteiger partial charge is 0.0654 e. The third-order valence-electron chi connectivity index (χ3n) is 4.07. The van der Waals surface area contributed by atoms with E-state index in [4.69, 9.17) is 0 Å². The smallest absolute Gasteiger partial charge is 0.0414 e. The molecule has 0 aliphatic rings. The van der Waals surface area contributed by atoms with Gasteiger partial charge >= 0.3 is 0 Å². The van der Waals surface area contributed by atoms with Crippen LogP contribution in [0.3, 0.4) is 0 Å². The van der Waals surface area contributed by atoms with Crippen LogP contribution in [-0.4, -0.2) is 0 Å². The van der Waals surface area contributed by atoms with Gasteiger partial charge in [0.2, 0.25) is 0 Å². The van der Waals surface area contributed by atoms with Crippen LogP contribution >= 0.6 is 0 Å². The van der Waals surface area contributed by atoms with Gasteiger partial charge in [-0.15, -0.1) is 0 Å². The highest BCUT2D eigenvalue weighted by molar-refractivity contribution is 4.68. The molecule has 4 atom stereocenters. The Morgan fingerprint density at radius 3 is 1.64 bits per heavy atom. The molecule has 0 heterocycles. The molecule has 0 aliphatic heterocycles. The van der Waals surface area contributed by atoms with Crippen LogP contribution in [0.2, 0.25) is 0 Å². The van der Waals surface area contributed by atoms with Crippen molar-refractivity contribution in [1.29, 1.82) is 0 Å². The predicted octanol–water partition coefficient (Wildman–Crippen LogP) is 5.13. The molecule has 4 unspecified atom stereocenters. The van der Waals surface area contributed by atoms with Crippen molar-refractivity contribution < 1.29 is 0 Å². The van der Waals surface area contributed by atoms with E-state index in [-0.39, 0.29) is 0 Å². The van der Waals surface area contributed by atoms with E-state index < -0.39 is 0 Å². The topological polar surface area (TPSA) is 0 Å². The van der Waals surface area contributed by atoms with Gasteiger partial charge in [0.25, 0.3) is 0 Å². The van der Waals surface area contributed by atoms with Gasteiger partial charge < -0.3 is 0 Å². The molecular weight excluding hydrogens is 168 g/mol. The average Bonchev–Trinajstić information content (AvgIpc) is 2.16. The molecule has 0 nitrogen and oxygen atoms in total. The summed E-state index contributed by atoms with van der Waals surface area (Å²) < 4.78 is 0. The van der Waals surface area contributed by atoms with Gasteiger partial charge in [0.15, 0.2) is 0 Å². The molecule has 0 saturated carbocycles. The van der Waals surface area contributed by atoms with Crippen LogP contribution in [0.1, 0.15) is 67.2 Å². The second-order valence-corrected chi connectivity index (χ2v) is 5.34. The van der Waals surface area contributed by atoms with Crippen molar-refractivity contribution in [1.82, 2.24) is 0 Å². The van der Waals surface area contributed by atoms with Crippen molar-refractivity contribution in [3.8, 4) is 0 Å². The molecule has 0 rings (SSSR count). The summed E-state index contributed by atoms with van der Waals surface area (Å²) in [7, 11) is 0. The number of hydrogen-bond donors (Lipinski definition) is 0. The Morgan fingerprint density at radius 1 is 0.714 bits per heavy atom. The molecule has 0 aromatic carbocycles.